The minimum absolute atomic E-state index is 0.0634. The van der Waals surface area contributed by atoms with E-state index in [1.807, 2.05) is 0 Å². The van der Waals surface area contributed by atoms with Gasteiger partial charge in [-0.3, -0.25) is 0 Å². The first kappa shape index (κ1) is 12.4. The molecule has 0 rings (SSSR count). The largest absolute Gasteiger partial charge is 0.325 e. The average molecular weight is 181 g/mol. The molecular formula is C12H23N. The van der Waals surface area contributed by atoms with E-state index >= 15 is 0 Å². The molecule has 0 radical (unpaired) electrons. The molecule has 0 aliphatic rings. The summed E-state index contributed by atoms with van der Waals surface area (Å²) in [5.74, 6) is 0. The maximum atomic E-state index is 6.12. The lowest BCUT2D eigenvalue weighted by Gasteiger charge is -2.24. The zero-order chi connectivity index (χ0) is 10.5. The predicted octanol–water partition coefficient (Wildman–Crippen LogP) is 3.42. The molecule has 0 bridgehead atoms. The van der Waals surface area contributed by atoms with Crippen molar-refractivity contribution in [3.8, 4) is 0 Å². The summed E-state index contributed by atoms with van der Waals surface area (Å²) in [7, 11) is 0. The van der Waals surface area contributed by atoms with E-state index in [0.717, 1.165) is 12.8 Å². The first-order chi connectivity index (χ1) is 5.96. The second-order valence-corrected chi connectivity index (χ2v) is 3.97. The second kappa shape index (κ2) is 5.23. The monoisotopic (exact) mass is 181 g/mol. The van der Waals surface area contributed by atoms with Crippen LogP contribution in [0.1, 0.15) is 47.5 Å². The molecule has 2 N–H and O–H groups in total. The van der Waals surface area contributed by atoms with Gasteiger partial charge in [-0.05, 0) is 46.1 Å². The van der Waals surface area contributed by atoms with E-state index in [1.165, 1.54) is 11.1 Å². The SMILES string of the molecule is C/C=C(C)\C(=C/C)CC(C)(N)CC. The Bertz CT molecular complexity index is 209. The molecule has 0 saturated heterocycles. The van der Waals surface area contributed by atoms with Gasteiger partial charge in [0.1, 0.15) is 0 Å². The lowest BCUT2D eigenvalue weighted by molar-refractivity contribution is 0.450. The molecule has 0 aromatic rings. The van der Waals surface area contributed by atoms with Crippen molar-refractivity contribution in [1.29, 1.82) is 0 Å². The zero-order valence-electron chi connectivity index (χ0n) is 9.65. The van der Waals surface area contributed by atoms with Gasteiger partial charge in [-0.2, -0.15) is 0 Å². The number of hydrogen-bond donors (Lipinski definition) is 1. The third-order valence-electron chi connectivity index (χ3n) is 2.69. The van der Waals surface area contributed by atoms with E-state index in [0.29, 0.717) is 0 Å². The normalized spacial score (nSPS) is 18.6. The van der Waals surface area contributed by atoms with Crippen LogP contribution in [0.25, 0.3) is 0 Å². The van der Waals surface area contributed by atoms with Gasteiger partial charge in [0.05, 0.1) is 0 Å². The summed E-state index contributed by atoms with van der Waals surface area (Å²) in [6.45, 7) is 10.5. The van der Waals surface area contributed by atoms with Gasteiger partial charge in [0.15, 0.2) is 0 Å². The molecule has 0 fully saturated rings. The van der Waals surface area contributed by atoms with E-state index in [-0.39, 0.29) is 5.54 Å². The Balaban J connectivity index is 4.50. The third kappa shape index (κ3) is 4.28. The van der Waals surface area contributed by atoms with Crippen LogP contribution in [0.5, 0.6) is 0 Å². The van der Waals surface area contributed by atoms with Crippen molar-refractivity contribution < 1.29 is 0 Å². The molecule has 1 nitrogen and oxygen atoms in total. The summed E-state index contributed by atoms with van der Waals surface area (Å²) in [5.41, 5.74) is 8.76. The number of hydrogen-bond acceptors (Lipinski definition) is 1. The fraction of sp³-hybridized carbons (Fsp3) is 0.667. The molecule has 0 spiro atoms. The van der Waals surface area contributed by atoms with Crippen molar-refractivity contribution in [2.45, 2.75) is 53.0 Å². The highest BCUT2D eigenvalue weighted by molar-refractivity contribution is 5.29. The Morgan fingerprint density at radius 3 is 2.15 bits per heavy atom. The predicted molar refractivity (Wildman–Crippen MR) is 60.7 cm³/mol. The second-order valence-electron chi connectivity index (χ2n) is 3.97. The lowest BCUT2D eigenvalue weighted by Crippen LogP contribution is -2.35. The summed E-state index contributed by atoms with van der Waals surface area (Å²) in [4.78, 5) is 0. The topological polar surface area (TPSA) is 26.0 Å². The van der Waals surface area contributed by atoms with Gasteiger partial charge in [0.25, 0.3) is 0 Å². The Kier molecular flexibility index (Phi) is 5.01. The summed E-state index contributed by atoms with van der Waals surface area (Å²) in [6, 6.07) is 0. The van der Waals surface area contributed by atoms with Gasteiger partial charge >= 0.3 is 0 Å². The van der Waals surface area contributed by atoms with Crippen LogP contribution >= 0.6 is 0 Å². The van der Waals surface area contributed by atoms with Gasteiger partial charge in [-0.25, -0.2) is 0 Å². The first-order valence-electron chi connectivity index (χ1n) is 5.04. The first-order valence-corrected chi connectivity index (χ1v) is 5.04. The highest BCUT2D eigenvalue weighted by atomic mass is 14.7. The number of nitrogens with two attached hydrogens (primary N) is 1. The van der Waals surface area contributed by atoms with Crippen molar-refractivity contribution in [1.82, 2.24) is 0 Å². The molecule has 1 heteroatoms. The fourth-order valence-electron chi connectivity index (χ4n) is 1.21. The van der Waals surface area contributed by atoms with E-state index < -0.39 is 0 Å². The molecule has 0 aliphatic heterocycles. The van der Waals surface area contributed by atoms with E-state index in [2.05, 4.69) is 46.8 Å². The van der Waals surface area contributed by atoms with Crippen LogP contribution in [0, 0.1) is 0 Å². The average Bonchev–Trinajstić information content (AvgIpc) is 2.13. The maximum absolute atomic E-state index is 6.12. The van der Waals surface area contributed by atoms with E-state index in [1.54, 1.807) is 0 Å². The van der Waals surface area contributed by atoms with Crippen LogP contribution < -0.4 is 5.73 Å². The Hall–Kier alpha value is -0.560. The van der Waals surface area contributed by atoms with Crippen LogP contribution in [-0.2, 0) is 0 Å². The number of allylic oxidation sites excluding steroid dienone is 3. The standard InChI is InChI=1S/C12H23N/c1-6-10(4)11(7-2)9-12(5,13)8-3/h6-7H,8-9,13H2,1-5H3/b10-6-,11-7-. The minimum Gasteiger partial charge on any atom is -0.325 e. The summed E-state index contributed by atoms with van der Waals surface area (Å²) in [6.07, 6.45) is 6.29. The van der Waals surface area contributed by atoms with Crippen molar-refractivity contribution >= 4 is 0 Å². The van der Waals surface area contributed by atoms with Gasteiger partial charge in [-0.15, -0.1) is 0 Å². The molecule has 0 aromatic carbocycles. The van der Waals surface area contributed by atoms with Gasteiger partial charge in [0.2, 0.25) is 0 Å². The van der Waals surface area contributed by atoms with Crippen molar-refractivity contribution in [2.75, 3.05) is 0 Å². The molecule has 0 aliphatic carbocycles. The van der Waals surface area contributed by atoms with Gasteiger partial charge < -0.3 is 5.73 Å². The Morgan fingerprint density at radius 2 is 1.85 bits per heavy atom. The van der Waals surface area contributed by atoms with Crippen LogP contribution in [0.15, 0.2) is 23.3 Å². The molecule has 13 heavy (non-hydrogen) atoms. The molecule has 1 unspecified atom stereocenters. The summed E-state index contributed by atoms with van der Waals surface area (Å²) in [5, 5.41) is 0. The maximum Gasteiger partial charge on any atom is 0.0163 e. The lowest BCUT2D eigenvalue weighted by atomic mass is 9.88. The Morgan fingerprint density at radius 1 is 1.31 bits per heavy atom. The van der Waals surface area contributed by atoms with Gasteiger partial charge in [-0.1, -0.05) is 24.6 Å². The van der Waals surface area contributed by atoms with Crippen molar-refractivity contribution in [3.63, 3.8) is 0 Å². The van der Waals surface area contributed by atoms with Crippen LogP contribution in [0.3, 0.4) is 0 Å². The van der Waals surface area contributed by atoms with Crippen LogP contribution in [0.2, 0.25) is 0 Å². The Labute approximate surface area is 82.7 Å². The summed E-state index contributed by atoms with van der Waals surface area (Å²) < 4.78 is 0. The van der Waals surface area contributed by atoms with Gasteiger partial charge in [0, 0.05) is 5.54 Å². The fourth-order valence-corrected chi connectivity index (χ4v) is 1.21. The van der Waals surface area contributed by atoms with E-state index in [9.17, 15) is 0 Å². The van der Waals surface area contributed by atoms with E-state index in [4.69, 9.17) is 5.73 Å². The third-order valence-corrected chi connectivity index (χ3v) is 2.69. The highest BCUT2D eigenvalue weighted by Crippen LogP contribution is 2.22. The molecule has 76 valence electrons. The van der Waals surface area contributed by atoms with Crippen LogP contribution in [0.4, 0.5) is 0 Å². The van der Waals surface area contributed by atoms with Crippen LogP contribution in [-0.4, -0.2) is 5.54 Å². The highest BCUT2D eigenvalue weighted by Gasteiger charge is 2.17. The molecule has 0 heterocycles. The zero-order valence-corrected chi connectivity index (χ0v) is 9.65. The summed E-state index contributed by atoms with van der Waals surface area (Å²) >= 11 is 0. The van der Waals surface area contributed by atoms with Crippen molar-refractivity contribution in [2.24, 2.45) is 5.73 Å². The molecule has 1 atom stereocenters. The number of rotatable bonds is 4. The molecule has 0 amide bonds. The molecule has 0 saturated carbocycles. The smallest absolute Gasteiger partial charge is 0.0163 e. The molecular weight excluding hydrogens is 158 g/mol. The molecule has 0 aromatic heterocycles. The quantitative estimate of drug-likeness (QED) is 0.661. The van der Waals surface area contributed by atoms with Crippen molar-refractivity contribution in [3.05, 3.63) is 23.3 Å². The minimum atomic E-state index is -0.0634.